The highest BCUT2D eigenvalue weighted by Crippen LogP contribution is 2.36. The van der Waals surface area contributed by atoms with Gasteiger partial charge in [0.25, 0.3) is 0 Å². The van der Waals surface area contributed by atoms with Crippen molar-refractivity contribution in [2.75, 3.05) is 5.73 Å². The van der Waals surface area contributed by atoms with Crippen molar-refractivity contribution in [3.63, 3.8) is 0 Å². The minimum Gasteiger partial charge on any atom is -0.383 e. The first kappa shape index (κ1) is 11.7. The molecule has 0 saturated heterocycles. The largest absolute Gasteiger partial charge is 0.383 e. The fraction of sp³-hybridized carbons (Fsp3) is 0. The quantitative estimate of drug-likeness (QED) is 0.860. The molecule has 0 saturated carbocycles. The van der Waals surface area contributed by atoms with Crippen LogP contribution in [0.4, 0.5) is 5.82 Å². The number of rotatable bonds is 2. The number of hydrogen-bond donors (Lipinski definition) is 1. The Hall–Kier alpha value is -0.780. The van der Waals surface area contributed by atoms with Crippen LogP contribution in [0.2, 0.25) is 5.02 Å². The first-order chi connectivity index (χ1) is 7.68. The summed E-state index contributed by atoms with van der Waals surface area (Å²) in [4.78, 5) is 8.95. The predicted octanol–water partition coefficient (Wildman–Crippen LogP) is 3.63. The third-order valence-corrected chi connectivity index (χ3v) is 4.39. The molecule has 0 atom stereocenters. The van der Waals surface area contributed by atoms with Crippen LogP contribution in [0.1, 0.15) is 0 Å². The zero-order valence-corrected chi connectivity index (χ0v) is 11.2. The summed E-state index contributed by atoms with van der Waals surface area (Å²) in [6.07, 6.45) is 1.43. The number of nitrogen functional groups attached to an aromatic ring is 1. The number of anilines is 1. The van der Waals surface area contributed by atoms with E-state index in [1.807, 2.05) is 24.3 Å². The Morgan fingerprint density at radius 1 is 1.25 bits per heavy atom. The van der Waals surface area contributed by atoms with Crippen LogP contribution in [0, 0.1) is 0 Å². The van der Waals surface area contributed by atoms with Crippen molar-refractivity contribution in [1.29, 1.82) is 0 Å². The monoisotopic (exact) mass is 315 g/mol. The lowest BCUT2D eigenvalue weighted by molar-refractivity contribution is 1.03. The number of hydrogen-bond acceptors (Lipinski definition) is 4. The summed E-state index contributed by atoms with van der Waals surface area (Å²) in [6.45, 7) is 0. The number of halogens is 2. The van der Waals surface area contributed by atoms with Gasteiger partial charge in [0, 0.05) is 4.90 Å². The van der Waals surface area contributed by atoms with Gasteiger partial charge in [-0.15, -0.1) is 0 Å². The lowest BCUT2D eigenvalue weighted by Gasteiger charge is -2.05. The summed E-state index contributed by atoms with van der Waals surface area (Å²) in [7, 11) is 0. The molecule has 0 spiro atoms. The van der Waals surface area contributed by atoms with Crippen molar-refractivity contribution in [2.24, 2.45) is 0 Å². The maximum atomic E-state index is 6.06. The standard InChI is InChI=1S/C10H7BrClN3S/c11-8-9(13)14-5-15-10(8)16-7-4-2-1-3-6(7)12/h1-5H,(H2,13,14,15). The van der Waals surface area contributed by atoms with Crippen molar-refractivity contribution in [2.45, 2.75) is 9.92 Å². The summed E-state index contributed by atoms with van der Waals surface area (Å²) in [5.74, 6) is 0.421. The Balaban J connectivity index is 2.35. The zero-order chi connectivity index (χ0) is 11.5. The Morgan fingerprint density at radius 3 is 2.75 bits per heavy atom. The van der Waals surface area contributed by atoms with Gasteiger partial charge in [0.05, 0.1) is 9.50 Å². The van der Waals surface area contributed by atoms with Crippen LogP contribution < -0.4 is 5.73 Å². The fourth-order valence-electron chi connectivity index (χ4n) is 1.07. The average Bonchev–Trinajstić information content (AvgIpc) is 2.28. The summed E-state index contributed by atoms with van der Waals surface area (Å²) < 4.78 is 0.694. The second-order valence-electron chi connectivity index (χ2n) is 2.91. The summed E-state index contributed by atoms with van der Waals surface area (Å²) >= 11 is 10.8. The van der Waals surface area contributed by atoms with Crippen LogP contribution in [-0.4, -0.2) is 9.97 Å². The van der Waals surface area contributed by atoms with Crippen molar-refractivity contribution < 1.29 is 0 Å². The first-order valence-corrected chi connectivity index (χ1v) is 6.35. The van der Waals surface area contributed by atoms with Crippen molar-refractivity contribution in [1.82, 2.24) is 9.97 Å². The minimum absolute atomic E-state index is 0.421. The molecule has 0 amide bonds. The lowest BCUT2D eigenvalue weighted by Crippen LogP contribution is -1.94. The van der Waals surface area contributed by atoms with Crippen LogP contribution in [0.5, 0.6) is 0 Å². The molecule has 0 radical (unpaired) electrons. The highest BCUT2D eigenvalue weighted by molar-refractivity contribution is 9.10. The van der Waals surface area contributed by atoms with Gasteiger partial charge in [-0.25, -0.2) is 9.97 Å². The van der Waals surface area contributed by atoms with Gasteiger partial charge in [-0.3, -0.25) is 0 Å². The van der Waals surface area contributed by atoms with E-state index >= 15 is 0 Å². The Kier molecular flexibility index (Phi) is 3.68. The SMILES string of the molecule is Nc1ncnc(Sc2ccccc2Cl)c1Br. The normalized spacial score (nSPS) is 10.4. The Bertz CT molecular complexity index is 521. The molecule has 0 aliphatic carbocycles. The average molecular weight is 317 g/mol. The number of aromatic nitrogens is 2. The number of nitrogens with zero attached hydrogens (tertiary/aromatic N) is 2. The number of nitrogens with two attached hydrogens (primary N) is 1. The Labute approximate surface area is 111 Å². The van der Waals surface area contributed by atoms with Gasteiger partial charge in [0.1, 0.15) is 17.2 Å². The van der Waals surface area contributed by atoms with E-state index in [4.69, 9.17) is 17.3 Å². The second kappa shape index (κ2) is 5.03. The van der Waals surface area contributed by atoms with Gasteiger partial charge in [0.2, 0.25) is 0 Å². The van der Waals surface area contributed by atoms with Gasteiger partial charge in [-0.05, 0) is 28.1 Å². The maximum Gasteiger partial charge on any atom is 0.142 e. The topological polar surface area (TPSA) is 51.8 Å². The van der Waals surface area contributed by atoms with Gasteiger partial charge >= 0.3 is 0 Å². The van der Waals surface area contributed by atoms with E-state index in [0.717, 1.165) is 9.92 Å². The molecule has 1 aromatic carbocycles. The van der Waals surface area contributed by atoms with Crippen molar-refractivity contribution in [3.8, 4) is 0 Å². The van der Waals surface area contributed by atoms with E-state index in [0.29, 0.717) is 15.3 Å². The Morgan fingerprint density at radius 2 is 2.00 bits per heavy atom. The van der Waals surface area contributed by atoms with Crippen molar-refractivity contribution >= 4 is 45.1 Å². The van der Waals surface area contributed by atoms with E-state index < -0.39 is 0 Å². The van der Waals surface area contributed by atoms with Crippen LogP contribution in [0.15, 0.2) is 45.0 Å². The maximum absolute atomic E-state index is 6.06. The molecule has 16 heavy (non-hydrogen) atoms. The molecular formula is C10H7BrClN3S. The second-order valence-corrected chi connectivity index (χ2v) is 5.14. The molecule has 2 N–H and O–H groups in total. The van der Waals surface area contributed by atoms with Gasteiger partial charge in [0.15, 0.2) is 0 Å². The van der Waals surface area contributed by atoms with E-state index in [9.17, 15) is 0 Å². The van der Waals surface area contributed by atoms with Crippen LogP contribution in [0.25, 0.3) is 0 Å². The highest BCUT2D eigenvalue weighted by atomic mass is 79.9. The molecule has 0 bridgehead atoms. The molecule has 2 rings (SSSR count). The summed E-state index contributed by atoms with van der Waals surface area (Å²) in [5, 5.41) is 1.44. The molecule has 1 aromatic heterocycles. The van der Waals surface area contributed by atoms with Gasteiger partial charge in [-0.1, -0.05) is 35.5 Å². The van der Waals surface area contributed by atoms with E-state index in [-0.39, 0.29) is 0 Å². The van der Waals surface area contributed by atoms with Crippen LogP contribution in [0.3, 0.4) is 0 Å². The minimum atomic E-state index is 0.421. The predicted molar refractivity (Wildman–Crippen MR) is 69.7 cm³/mol. The molecule has 0 aliphatic rings. The van der Waals surface area contributed by atoms with E-state index in [1.54, 1.807) is 0 Å². The smallest absolute Gasteiger partial charge is 0.142 e. The number of benzene rings is 1. The van der Waals surface area contributed by atoms with Crippen molar-refractivity contribution in [3.05, 3.63) is 40.1 Å². The molecule has 3 nitrogen and oxygen atoms in total. The van der Waals surface area contributed by atoms with Gasteiger partial charge in [-0.2, -0.15) is 0 Å². The molecule has 82 valence electrons. The third-order valence-electron chi connectivity index (χ3n) is 1.83. The highest BCUT2D eigenvalue weighted by Gasteiger charge is 2.09. The lowest BCUT2D eigenvalue weighted by atomic mass is 10.4. The van der Waals surface area contributed by atoms with E-state index in [1.165, 1.54) is 18.1 Å². The third kappa shape index (κ3) is 2.48. The molecule has 2 aromatic rings. The van der Waals surface area contributed by atoms with Crippen LogP contribution in [-0.2, 0) is 0 Å². The zero-order valence-electron chi connectivity index (χ0n) is 8.02. The summed E-state index contributed by atoms with van der Waals surface area (Å²) in [5.41, 5.74) is 5.67. The molecule has 0 fully saturated rings. The summed E-state index contributed by atoms with van der Waals surface area (Å²) in [6, 6.07) is 7.57. The molecule has 6 heteroatoms. The molecular weight excluding hydrogens is 310 g/mol. The first-order valence-electron chi connectivity index (χ1n) is 4.37. The van der Waals surface area contributed by atoms with Gasteiger partial charge < -0.3 is 5.73 Å². The molecule has 1 heterocycles. The molecule has 0 aliphatic heterocycles. The van der Waals surface area contributed by atoms with Crippen LogP contribution >= 0.6 is 39.3 Å². The fourth-order valence-corrected chi connectivity index (χ4v) is 2.58. The molecule has 0 unspecified atom stereocenters. The van der Waals surface area contributed by atoms with E-state index in [2.05, 4.69) is 25.9 Å².